The van der Waals surface area contributed by atoms with Crippen LogP contribution in [0.5, 0.6) is 0 Å². The van der Waals surface area contributed by atoms with Crippen LogP contribution in [0.1, 0.15) is 46.5 Å². The van der Waals surface area contributed by atoms with Crippen molar-refractivity contribution in [2.45, 2.75) is 57.2 Å². The lowest BCUT2D eigenvalue weighted by Crippen LogP contribution is -2.45. The Kier molecular flexibility index (Phi) is 8.31. The molecule has 0 aromatic carbocycles. The number of nitrogens with two attached hydrogens (primary N) is 1. The predicted octanol–water partition coefficient (Wildman–Crippen LogP) is 2.57. The summed E-state index contributed by atoms with van der Waals surface area (Å²) in [5.41, 5.74) is 5.76. The van der Waals surface area contributed by atoms with Gasteiger partial charge in [0, 0.05) is 10.8 Å². The first-order valence-corrected chi connectivity index (χ1v) is 7.54. The average molecular weight is 295 g/mol. The van der Waals surface area contributed by atoms with E-state index in [1.54, 1.807) is 11.8 Å². The topological polar surface area (TPSA) is 55.1 Å². The van der Waals surface area contributed by atoms with Gasteiger partial charge in [0.25, 0.3) is 0 Å². The standard InChI is InChI=1S/C13H26N2OS.ClH/c1-13(2,3)17-9-12(16)15-11-7-5-4-6-10(11)8-14;/h10-11H,4-9,14H2,1-3H3,(H,15,16);1H. The van der Waals surface area contributed by atoms with Crippen LogP contribution < -0.4 is 11.1 Å². The number of carbonyl (C=O) groups is 1. The average Bonchev–Trinajstić information content (AvgIpc) is 2.26. The van der Waals surface area contributed by atoms with Crippen LogP contribution in [0.2, 0.25) is 0 Å². The summed E-state index contributed by atoms with van der Waals surface area (Å²) in [5.74, 6) is 1.19. The Morgan fingerprint density at radius 1 is 1.33 bits per heavy atom. The first-order chi connectivity index (χ1) is 7.92. The second-order valence-corrected chi connectivity index (χ2v) is 7.66. The quantitative estimate of drug-likeness (QED) is 0.838. The summed E-state index contributed by atoms with van der Waals surface area (Å²) in [6.45, 7) is 7.09. The molecule has 3 nitrogen and oxygen atoms in total. The summed E-state index contributed by atoms with van der Waals surface area (Å²) in [5, 5.41) is 3.15. The Balaban J connectivity index is 0.00000289. The molecule has 0 spiro atoms. The van der Waals surface area contributed by atoms with Crippen LogP contribution in [0.3, 0.4) is 0 Å². The Morgan fingerprint density at radius 2 is 1.94 bits per heavy atom. The zero-order valence-electron chi connectivity index (χ0n) is 11.7. The minimum absolute atomic E-state index is 0. The molecule has 5 heteroatoms. The fourth-order valence-electron chi connectivity index (χ4n) is 2.21. The number of carbonyl (C=O) groups excluding carboxylic acids is 1. The second-order valence-electron chi connectivity index (χ2n) is 5.86. The molecule has 0 radical (unpaired) electrons. The Morgan fingerprint density at radius 3 is 2.50 bits per heavy atom. The number of hydrogen-bond acceptors (Lipinski definition) is 3. The minimum atomic E-state index is 0. The smallest absolute Gasteiger partial charge is 0.230 e. The SMILES string of the molecule is CC(C)(C)SCC(=O)NC1CCCCC1CN.Cl. The third kappa shape index (κ3) is 6.86. The number of hydrogen-bond donors (Lipinski definition) is 2. The summed E-state index contributed by atoms with van der Waals surface area (Å²) in [7, 11) is 0. The van der Waals surface area contributed by atoms with E-state index in [1.807, 2.05) is 0 Å². The predicted molar refractivity (Wildman–Crippen MR) is 82.4 cm³/mol. The maximum Gasteiger partial charge on any atom is 0.230 e. The number of nitrogens with one attached hydrogen (secondary N) is 1. The van der Waals surface area contributed by atoms with Gasteiger partial charge in [-0.2, -0.15) is 0 Å². The molecule has 1 fully saturated rings. The van der Waals surface area contributed by atoms with Crippen molar-refractivity contribution in [1.29, 1.82) is 0 Å². The molecule has 2 unspecified atom stereocenters. The normalized spacial score (nSPS) is 24.2. The molecule has 1 aliphatic rings. The molecule has 1 aliphatic carbocycles. The molecule has 1 amide bonds. The van der Waals surface area contributed by atoms with Gasteiger partial charge < -0.3 is 11.1 Å². The van der Waals surface area contributed by atoms with E-state index in [0.29, 0.717) is 24.3 Å². The van der Waals surface area contributed by atoms with Crippen molar-refractivity contribution in [1.82, 2.24) is 5.32 Å². The zero-order valence-corrected chi connectivity index (χ0v) is 13.3. The summed E-state index contributed by atoms with van der Waals surface area (Å²) >= 11 is 1.70. The van der Waals surface area contributed by atoms with Crippen molar-refractivity contribution in [3.8, 4) is 0 Å². The molecule has 0 heterocycles. The van der Waals surface area contributed by atoms with E-state index in [-0.39, 0.29) is 23.1 Å². The first-order valence-electron chi connectivity index (χ1n) is 6.56. The van der Waals surface area contributed by atoms with Gasteiger partial charge in [0.2, 0.25) is 5.91 Å². The van der Waals surface area contributed by atoms with Crippen LogP contribution in [-0.4, -0.2) is 29.0 Å². The molecule has 2 atom stereocenters. The van der Waals surface area contributed by atoms with E-state index < -0.39 is 0 Å². The zero-order chi connectivity index (χ0) is 12.9. The van der Waals surface area contributed by atoms with Crippen LogP contribution in [0.15, 0.2) is 0 Å². The highest BCUT2D eigenvalue weighted by atomic mass is 35.5. The van der Waals surface area contributed by atoms with Gasteiger partial charge in [0.05, 0.1) is 5.75 Å². The lowest BCUT2D eigenvalue weighted by molar-refractivity contribution is -0.119. The molecule has 18 heavy (non-hydrogen) atoms. The number of halogens is 1. The molecular formula is C13H27ClN2OS. The van der Waals surface area contributed by atoms with Gasteiger partial charge in [-0.3, -0.25) is 4.79 Å². The number of amides is 1. The molecule has 0 aromatic heterocycles. The van der Waals surface area contributed by atoms with Crippen LogP contribution in [0.25, 0.3) is 0 Å². The first kappa shape index (κ1) is 18.1. The monoisotopic (exact) mass is 294 g/mol. The lowest BCUT2D eigenvalue weighted by atomic mass is 9.84. The highest BCUT2D eigenvalue weighted by Crippen LogP contribution is 2.25. The van der Waals surface area contributed by atoms with E-state index >= 15 is 0 Å². The minimum Gasteiger partial charge on any atom is -0.352 e. The van der Waals surface area contributed by atoms with Crippen molar-refractivity contribution in [2.24, 2.45) is 11.7 Å². The van der Waals surface area contributed by atoms with Crippen LogP contribution in [0.4, 0.5) is 0 Å². The molecule has 108 valence electrons. The fourth-order valence-corrected chi connectivity index (χ4v) is 2.86. The fraction of sp³-hybridized carbons (Fsp3) is 0.923. The number of rotatable bonds is 4. The third-order valence-corrected chi connectivity index (χ3v) is 4.47. The maximum absolute atomic E-state index is 11.8. The summed E-state index contributed by atoms with van der Waals surface area (Å²) in [6, 6.07) is 0.307. The molecule has 1 rings (SSSR count). The van der Waals surface area contributed by atoms with Gasteiger partial charge in [-0.1, -0.05) is 33.6 Å². The molecule has 3 N–H and O–H groups in total. The largest absolute Gasteiger partial charge is 0.352 e. The van der Waals surface area contributed by atoms with Gasteiger partial charge in [0.15, 0.2) is 0 Å². The number of thioether (sulfide) groups is 1. The van der Waals surface area contributed by atoms with E-state index in [4.69, 9.17) is 5.73 Å². The molecule has 0 aliphatic heterocycles. The highest BCUT2D eigenvalue weighted by Gasteiger charge is 2.25. The second kappa shape index (κ2) is 8.28. The molecule has 0 aromatic rings. The highest BCUT2D eigenvalue weighted by molar-refractivity contribution is 8.01. The van der Waals surface area contributed by atoms with Crippen molar-refractivity contribution < 1.29 is 4.79 Å². The Labute approximate surface area is 121 Å². The molecule has 0 bridgehead atoms. The van der Waals surface area contributed by atoms with E-state index in [9.17, 15) is 4.79 Å². The Hall–Kier alpha value is 0.0700. The molecule has 0 saturated heterocycles. The van der Waals surface area contributed by atoms with Gasteiger partial charge in [-0.05, 0) is 25.3 Å². The van der Waals surface area contributed by atoms with Crippen molar-refractivity contribution in [3.63, 3.8) is 0 Å². The van der Waals surface area contributed by atoms with Gasteiger partial charge in [-0.25, -0.2) is 0 Å². The van der Waals surface area contributed by atoms with Crippen LogP contribution >= 0.6 is 24.2 Å². The van der Waals surface area contributed by atoms with Gasteiger partial charge in [0.1, 0.15) is 0 Å². The van der Waals surface area contributed by atoms with Crippen molar-refractivity contribution >= 4 is 30.1 Å². The summed E-state index contributed by atoms with van der Waals surface area (Å²) in [4.78, 5) is 11.8. The van der Waals surface area contributed by atoms with Gasteiger partial charge >= 0.3 is 0 Å². The van der Waals surface area contributed by atoms with E-state index in [1.165, 1.54) is 12.8 Å². The molecule has 1 saturated carbocycles. The summed E-state index contributed by atoms with van der Waals surface area (Å²) in [6.07, 6.45) is 4.72. The third-order valence-electron chi connectivity index (χ3n) is 3.19. The summed E-state index contributed by atoms with van der Waals surface area (Å²) < 4.78 is 0.150. The van der Waals surface area contributed by atoms with E-state index in [0.717, 1.165) is 12.8 Å². The van der Waals surface area contributed by atoms with Crippen LogP contribution in [-0.2, 0) is 4.79 Å². The van der Waals surface area contributed by atoms with Crippen LogP contribution in [0, 0.1) is 5.92 Å². The van der Waals surface area contributed by atoms with Crippen molar-refractivity contribution in [2.75, 3.05) is 12.3 Å². The lowest BCUT2D eigenvalue weighted by Gasteiger charge is -2.31. The van der Waals surface area contributed by atoms with Crippen molar-refractivity contribution in [3.05, 3.63) is 0 Å². The van der Waals surface area contributed by atoms with E-state index in [2.05, 4.69) is 26.1 Å². The molecular weight excluding hydrogens is 268 g/mol. The van der Waals surface area contributed by atoms with Gasteiger partial charge in [-0.15, -0.1) is 24.2 Å². The Bertz CT molecular complexity index is 256. The maximum atomic E-state index is 11.8.